The minimum Gasteiger partial charge on any atom is -0.321 e. The number of aryl methyl sites for hydroxylation is 3. The van der Waals surface area contributed by atoms with Gasteiger partial charge in [-0.05, 0) is 68.0 Å². The summed E-state index contributed by atoms with van der Waals surface area (Å²) in [5.74, 6) is 0. The van der Waals surface area contributed by atoms with E-state index in [0.29, 0.717) is 23.0 Å². The van der Waals surface area contributed by atoms with Crippen molar-refractivity contribution in [2.75, 3.05) is 6.54 Å². The summed E-state index contributed by atoms with van der Waals surface area (Å²) < 4.78 is 37.8. The molecule has 5 rings (SSSR count). The molecular weight excluding hydrogens is 492 g/mol. The second kappa shape index (κ2) is 9.57. The third-order valence-electron chi connectivity index (χ3n) is 6.32. The maximum absolute atomic E-state index is 14.0. The summed E-state index contributed by atoms with van der Waals surface area (Å²) in [4.78, 5) is 16.1. The lowest BCUT2D eigenvalue weighted by Gasteiger charge is -2.22. The number of H-pyrrole nitrogens is 1. The van der Waals surface area contributed by atoms with Gasteiger partial charge in [-0.2, -0.15) is 13.1 Å². The summed E-state index contributed by atoms with van der Waals surface area (Å²) in [5.41, 5.74) is 5.93. The van der Waals surface area contributed by atoms with Gasteiger partial charge in [-0.25, -0.2) is 8.42 Å². The van der Waals surface area contributed by atoms with Gasteiger partial charge >= 0.3 is 0 Å². The predicted octanol–water partition coefficient (Wildman–Crippen LogP) is 4.89. The van der Waals surface area contributed by atoms with Crippen LogP contribution in [0.1, 0.15) is 27.8 Å². The Morgan fingerprint density at radius 3 is 2.56 bits per heavy atom. The molecule has 7 nitrogen and oxygen atoms in total. The Labute approximate surface area is 213 Å². The van der Waals surface area contributed by atoms with Gasteiger partial charge in [0.05, 0.1) is 17.2 Å². The van der Waals surface area contributed by atoms with Gasteiger partial charge in [-0.1, -0.05) is 47.5 Å². The molecule has 0 saturated carbocycles. The number of nitrogens with zero attached hydrogens (tertiary/aromatic N) is 3. The van der Waals surface area contributed by atoms with E-state index >= 15 is 0 Å². The highest BCUT2D eigenvalue weighted by Gasteiger charge is 2.28. The van der Waals surface area contributed by atoms with E-state index in [9.17, 15) is 13.2 Å². The Kier molecular flexibility index (Phi) is 6.46. The molecule has 184 valence electrons. The summed E-state index contributed by atoms with van der Waals surface area (Å²) in [6.45, 7) is 6.11. The van der Waals surface area contributed by atoms with E-state index in [0.717, 1.165) is 44.9 Å². The van der Waals surface area contributed by atoms with Crippen LogP contribution in [0.5, 0.6) is 0 Å². The molecule has 3 aromatic carbocycles. The lowest BCUT2D eigenvalue weighted by atomic mass is 10.1. The van der Waals surface area contributed by atoms with Crippen molar-refractivity contribution in [1.82, 2.24) is 18.0 Å². The standard InChI is InChI=1S/C27H26N4O3S2/c1-17-6-4-7-20(13-17)10-11-31(36(33,34)24-9-5-8-23-26(24)30-35-29-23)16-22-15-21-14-18(2)12-19(3)25(21)28-27(22)32/h4-9,12-15H,10-11,16H2,1-3H3,(H,28,32). The lowest BCUT2D eigenvalue weighted by Crippen LogP contribution is -2.34. The maximum Gasteiger partial charge on any atom is 0.252 e. The van der Waals surface area contributed by atoms with E-state index in [1.807, 2.05) is 57.2 Å². The molecule has 0 aliphatic carbocycles. The summed E-state index contributed by atoms with van der Waals surface area (Å²) in [6.07, 6.45) is 0.510. The SMILES string of the molecule is Cc1cccc(CCN(Cc2cc3cc(C)cc(C)c3[nH]c2=O)S(=O)(=O)c2cccc3nsnc23)c1. The molecule has 0 fully saturated rings. The predicted molar refractivity (Wildman–Crippen MR) is 144 cm³/mol. The molecule has 2 heterocycles. The Morgan fingerprint density at radius 1 is 0.944 bits per heavy atom. The second-order valence-corrected chi connectivity index (χ2v) is 11.6. The molecule has 0 unspecified atom stereocenters. The number of aromatic nitrogens is 3. The number of nitrogens with one attached hydrogen (secondary N) is 1. The zero-order valence-corrected chi connectivity index (χ0v) is 21.9. The van der Waals surface area contributed by atoms with Crippen LogP contribution in [0, 0.1) is 20.8 Å². The van der Waals surface area contributed by atoms with E-state index < -0.39 is 10.0 Å². The van der Waals surface area contributed by atoms with Gasteiger partial charge < -0.3 is 4.98 Å². The van der Waals surface area contributed by atoms with Crippen molar-refractivity contribution in [3.8, 4) is 0 Å². The van der Waals surface area contributed by atoms with Crippen LogP contribution in [-0.2, 0) is 23.0 Å². The first-order valence-electron chi connectivity index (χ1n) is 11.6. The molecule has 0 radical (unpaired) electrons. The number of sulfonamides is 1. The van der Waals surface area contributed by atoms with Crippen LogP contribution < -0.4 is 5.56 Å². The molecule has 36 heavy (non-hydrogen) atoms. The highest BCUT2D eigenvalue weighted by Crippen LogP contribution is 2.26. The third-order valence-corrected chi connectivity index (χ3v) is 8.74. The van der Waals surface area contributed by atoms with E-state index in [1.54, 1.807) is 24.3 Å². The first-order chi connectivity index (χ1) is 17.2. The van der Waals surface area contributed by atoms with Gasteiger partial charge in [0.25, 0.3) is 5.56 Å². The molecule has 0 amide bonds. The molecule has 2 aromatic heterocycles. The van der Waals surface area contributed by atoms with E-state index in [1.165, 1.54) is 4.31 Å². The van der Waals surface area contributed by atoms with Crippen molar-refractivity contribution in [3.63, 3.8) is 0 Å². The summed E-state index contributed by atoms with van der Waals surface area (Å²) in [5, 5.41) is 0.879. The number of aromatic amines is 1. The number of rotatable bonds is 7. The minimum absolute atomic E-state index is 0.0552. The van der Waals surface area contributed by atoms with Gasteiger partial charge in [-0.15, -0.1) is 0 Å². The fraction of sp³-hybridized carbons (Fsp3) is 0.222. The van der Waals surface area contributed by atoms with Gasteiger partial charge in [0.2, 0.25) is 10.0 Å². The van der Waals surface area contributed by atoms with Gasteiger partial charge in [-0.3, -0.25) is 4.79 Å². The molecule has 0 aliphatic heterocycles. The average Bonchev–Trinajstić information content (AvgIpc) is 3.31. The van der Waals surface area contributed by atoms with Crippen LogP contribution >= 0.6 is 11.7 Å². The largest absolute Gasteiger partial charge is 0.321 e. The van der Waals surface area contributed by atoms with E-state index in [2.05, 4.69) is 13.7 Å². The minimum atomic E-state index is -3.98. The maximum atomic E-state index is 14.0. The molecule has 0 saturated heterocycles. The molecular formula is C27H26N4O3S2. The molecule has 5 aromatic rings. The zero-order chi connectivity index (χ0) is 25.4. The van der Waals surface area contributed by atoms with Crippen LogP contribution in [0.3, 0.4) is 0 Å². The Morgan fingerprint density at radius 2 is 1.75 bits per heavy atom. The van der Waals surface area contributed by atoms with Crippen molar-refractivity contribution < 1.29 is 8.42 Å². The summed E-state index contributed by atoms with van der Waals surface area (Å²) in [7, 11) is -3.98. The monoisotopic (exact) mass is 518 g/mol. The van der Waals surface area contributed by atoms with Crippen LogP contribution in [-0.4, -0.2) is 33.0 Å². The molecule has 0 bridgehead atoms. The lowest BCUT2D eigenvalue weighted by molar-refractivity contribution is 0.408. The number of benzene rings is 3. The molecule has 1 N–H and O–H groups in total. The number of fused-ring (bicyclic) bond motifs is 2. The fourth-order valence-electron chi connectivity index (χ4n) is 4.57. The summed E-state index contributed by atoms with van der Waals surface area (Å²) >= 11 is 0.979. The third kappa shape index (κ3) is 4.69. The van der Waals surface area contributed by atoms with Crippen LogP contribution in [0.25, 0.3) is 21.9 Å². The summed E-state index contributed by atoms with van der Waals surface area (Å²) in [6, 6.07) is 18.8. The topological polar surface area (TPSA) is 96.0 Å². The van der Waals surface area contributed by atoms with Crippen molar-refractivity contribution in [2.45, 2.75) is 38.6 Å². The van der Waals surface area contributed by atoms with E-state index in [4.69, 9.17) is 0 Å². The van der Waals surface area contributed by atoms with Crippen LogP contribution in [0.4, 0.5) is 0 Å². The normalized spacial score (nSPS) is 12.1. The van der Waals surface area contributed by atoms with Crippen molar-refractivity contribution in [1.29, 1.82) is 0 Å². The molecule has 0 spiro atoms. The van der Waals surface area contributed by atoms with Gasteiger partial charge in [0, 0.05) is 18.7 Å². The van der Waals surface area contributed by atoms with Gasteiger partial charge in [0.15, 0.2) is 0 Å². The second-order valence-electron chi connectivity index (χ2n) is 9.14. The first kappa shape index (κ1) is 24.3. The number of hydrogen-bond donors (Lipinski definition) is 1. The Bertz CT molecular complexity index is 1760. The smallest absolute Gasteiger partial charge is 0.252 e. The number of pyridine rings is 1. The van der Waals surface area contributed by atoms with Crippen molar-refractivity contribution in [3.05, 3.63) is 98.8 Å². The Balaban J connectivity index is 1.58. The Hall–Kier alpha value is -3.40. The highest BCUT2D eigenvalue weighted by molar-refractivity contribution is 7.89. The van der Waals surface area contributed by atoms with Crippen LogP contribution in [0.15, 0.2) is 70.4 Å². The zero-order valence-electron chi connectivity index (χ0n) is 20.3. The average molecular weight is 519 g/mol. The fourth-order valence-corrected chi connectivity index (χ4v) is 6.75. The quantitative estimate of drug-likeness (QED) is 0.331. The molecule has 9 heteroatoms. The number of hydrogen-bond acceptors (Lipinski definition) is 6. The molecule has 0 atom stereocenters. The van der Waals surface area contributed by atoms with Gasteiger partial charge in [0.1, 0.15) is 15.9 Å². The van der Waals surface area contributed by atoms with Crippen molar-refractivity contribution in [2.24, 2.45) is 0 Å². The van der Waals surface area contributed by atoms with E-state index in [-0.39, 0.29) is 23.5 Å². The van der Waals surface area contributed by atoms with Crippen LogP contribution in [0.2, 0.25) is 0 Å². The molecule has 0 aliphatic rings. The van der Waals surface area contributed by atoms with Crippen molar-refractivity contribution >= 4 is 43.7 Å². The highest BCUT2D eigenvalue weighted by atomic mass is 32.2. The first-order valence-corrected chi connectivity index (χ1v) is 13.8.